The second-order valence-electron chi connectivity index (χ2n) is 8.24. The second-order valence-corrected chi connectivity index (χ2v) is 8.24. The SMILES string of the molecule is CN=C(NCc1coc(-c2ccc(C)cc2)n1)NC1CC(C)(C)Oc2ccccc21.I. The van der Waals surface area contributed by atoms with Crippen LogP contribution in [-0.4, -0.2) is 23.6 Å². The van der Waals surface area contributed by atoms with E-state index in [0.717, 1.165) is 29.0 Å². The van der Waals surface area contributed by atoms with Crippen molar-refractivity contribution < 1.29 is 9.15 Å². The van der Waals surface area contributed by atoms with Crippen molar-refractivity contribution in [2.75, 3.05) is 7.05 Å². The zero-order valence-electron chi connectivity index (χ0n) is 18.3. The summed E-state index contributed by atoms with van der Waals surface area (Å²) in [5, 5.41) is 6.87. The lowest BCUT2D eigenvalue weighted by Crippen LogP contribution is -2.45. The van der Waals surface area contributed by atoms with E-state index in [1.54, 1.807) is 13.3 Å². The van der Waals surface area contributed by atoms with Crippen LogP contribution in [0, 0.1) is 6.92 Å². The Morgan fingerprint density at radius 2 is 1.90 bits per heavy atom. The fourth-order valence-corrected chi connectivity index (χ4v) is 3.68. The van der Waals surface area contributed by atoms with Crippen LogP contribution in [-0.2, 0) is 6.54 Å². The first kappa shape index (κ1) is 23.1. The van der Waals surface area contributed by atoms with E-state index in [2.05, 4.69) is 59.6 Å². The standard InChI is InChI=1S/C24H28N4O2.HI/c1-16-9-11-17(12-10-16)22-27-18(15-29-22)14-26-23(25-4)28-20-13-24(2,3)30-21-8-6-5-7-19(20)21;/h5-12,15,20H,13-14H2,1-4H3,(H2,25,26,28);1H. The van der Waals surface area contributed by atoms with Crippen molar-refractivity contribution in [1.82, 2.24) is 15.6 Å². The number of aryl methyl sites for hydroxylation is 1. The summed E-state index contributed by atoms with van der Waals surface area (Å²) in [6, 6.07) is 16.4. The number of rotatable bonds is 4. The summed E-state index contributed by atoms with van der Waals surface area (Å²) >= 11 is 0. The lowest BCUT2D eigenvalue weighted by atomic mass is 9.90. The number of aliphatic imine (C=N–C) groups is 1. The van der Waals surface area contributed by atoms with E-state index in [-0.39, 0.29) is 35.6 Å². The first-order valence-electron chi connectivity index (χ1n) is 10.2. The highest BCUT2D eigenvalue weighted by molar-refractivity contribution is 14.0. The average Bonchev–Trinajstić information content (AvgIpc) is 3.19. The minimum atomic E-state index is -0.250. The summed E-state index contributed by atoms with van der Waals surface area (Å²) in [6.07, 6.45) is 2.52. The number of fused-ring (bicyclic) bond motifs is 1. The van der Waals surface area contributed by atoms with Gasteiger partial charge in [0.05, 0.1) is 18.3 Å². The molecular formula is C24H29IN4O2. The molecule has 1 atom stereocenters. The topological polar surface area (TPSA) is 71.7 Å². The summed E-state index contributed by atoms with van der Waals surface area (Å²) in [5.41, 5.74) is 3.89. The Kier molecular flexibility index (Phi) is 7.25. The van der Waals surface area contributed by atoms with Crippen LogP contribution in [0.1, 0.15) is 43.1 Å². The summed E-state index contributed by atoms with van der Waals surface area (Å²) < 4.78 is 11.8. The van der Waals surface area contributed by atoms with Crippen LogP contribution in [0.5, 0.6) is 5.75 Å². The molecule has 7 heteroatoms. The highest BCUT2D eigenvalue weighted by atomic mass is 127. The van der Waals surface area contributed by atoms with Crippen LogP contribution >= 0.6 is 24.0 Å². The quantitative estimate of drug-likeness (QED) is 0.274. The molecule has 6 nitrogen and oxygen atoms in total. The average molecular weight is 532 g/mol. The summed E-state index contributed by atoms with van der Waals surface area (Å²) in [7, 11) is 1.77. The zero-order chi connectivity index (χ0) is 21.1. The molecule has 2 N–H and O–H groups in total. The molecule has 0 spiro atoms. The molecular weight excluding hydrogens is 503 g/mol. The molecule has 0 radical (unpaired) electrons. The highest BCUT2D eigenvalue weighted by Crippen LogP contribution is 2.39. The molecule has 3 aromatic rings. The number of nitrogens with one attached hydrogen (secondary N) is 2. The zero-order valence-corrected chi connectivity index (χ0v) is 20.6. The Hall–Kier alpha value is -2.55. The first-order chi connectivity index (χ1) is 14.4. The lowest BCUT2D eigenvalue weighted by molar-refractivity contribution is 0.0694. The molecule has 2 aromatic carbocycles. The summed E-state index contributed by atoms with van der Waals surface area (Å²) in [6.45, 7) is 6.79. The van der Waals surface area contributed by atoms with E-state index in [9.17, 15) is 0 Å². The van der Waals surface area contributed by atoms with Gasteiger partial charge < -0.3 is 19.8 Å². The number of guanidine groups is 1. The minimum Gasteiger partial charge on any atom is -0.487 e. The molecule has 1 unspecified atom stereocenters. The first-order valence-corrected chi connectivity index (χ1v) is 10.2. The van der Waals surface area contributed by atoms with Crippen molar-refractivity contribution >= 4 is 29.9 Å². The van der Waals surface area contributed by atoms with E-state index < -0.39 is 0 Å². The number of oxazole rings is 1. The number of hydrogen-bond acceptors (Lipinski definition) is 4. The smallest absolute Gasteiger partial charge is 0.226 e. The summed E-state index contributed by atoms with van der Waals surface area (Å²) in [4.78, 5) is 8.98. The van der Waals surface area contributed by atoms with Crippen molar-refractivity contribution in [3.8, 4) is 17.2 Å². The van der Waals surface area contributed by atoms with Crippen molar-refractivity contribution in [3.63, 3.8) is 0 Å². The molecule has 0 saturated carbocycles. The highest BCUT2D eigenvalue weighted by Gasteiger charge is 2.33. The Balaban J connectivity index is 0.00000272. The third kappa shape index (κ3) is 5.58. The number of hydrogen-bond donors (Lipinski definition) is 2. The van der Waals surface area contributed by atoms with Crippen molar-refractivity contribution in [2.24, 2.45) is 4.99 Å². The van der Waals surface area contributed by atoms with E-state index in [1.807, 2.05) is 30.3 Å². The van der Waals surface area contributed by atoms with Gasteiger partial charge >= 0.3 is 0 Å². The maximum absolute atomic E-state index is 6.12. The largest absolute Gasteiger partial charge is 0.487 e. The maximum atomic E-state index is 6.12. The molecule has 1 aromatic heterocycles. The maximum Gasteiger partial charge on any atom is 0.226 e. The fourth-order valence-electron chi connectivity index (χ4n) is 3.68. The van der Waals surface area contributed by atoms with E-state index in [1.165, 1.54) is 5.56 Å². The van der Waals surface area contributed by atoms with Gasteiger partial charge in [0.25, 0.3) is 0 Å². The van der Waals surface area contributed by atoms with Crippen LogP contribution in [0.3, 0.4) is 0 Å². The molecule has 164 valence electrons. The number of ether oxygens (including phenoxy) is 1. The van der Waals surface area contributed by atoms with Gasteiger partial charge in [-0.05, 0) is 39.0 Å². The second kappa shape index (κ2) is 9.72. The molecule has 0 fully saturated rings. The monoisotopic (exact) mass is 532 g/mol. The number of nitrogens with zero attached hydrogens (tertiary/aromatic N) is 2. The van der Waals surface area contributed by atoms with Crippen LogP contribution in [0.15, 0.2) is 64.2 Å². The van der Waals surface area contributed by atoms with Gasteiger partial charge in [-0.15, -0.1) is 24.0 Å². The Bertz CT molecular complexity index is 1040. The molecule has 4 rings (SSSR count). The van der Waals surface area contributed by atoms with Gasteiger partial charge in [0, 0.05) is 24.6 Å². The molecule has 0 amide bonds. The Morgan fingerprint density at radius 3 is 2.65 bits per heavy atom. The van der Waals surface area contributed by atoms with Crippen LogP contribution in [0.2, 0.25) is 0 Å². The van der Waals surface area contributed by atoms with E-state index >= 15 is 0 Å². The molecule has 1 aliphatic rings. The molecule has 31 heavy (non-hydrogen) atoms. The van der Waals surface area contributed by atoms with Crippen molar-refractivity contribution in [3.05, 3.63) is 71.6 Å². The van der Waals surface area contributed by atoms with Crippen LogP contribution < -0.4 is 15.4 Å². The molecule has 2 heterocycles. The van der Waals surface area contributed by atoms with Gasteiger partial charge in [0.15, 0.2) is 5.96 Å². The number of benzene rings is 2. The predicted molar refractivity (Wildman–Crippen MR) is 134 cm³/mol. The fraction of sp³-hybridized carbons (Fsp3) is 0.333. The molecule has 0 bridgehead atoms. The van der Waals surface area contributed by atoms with Crippen LogP contribution in [0.4, 0.5) is 0 Å². The van der Waals surface area contributed by atoms with Gasteiger partial charge in [-0.25, -0.2) is 4.98 Å². The number of aromatic nitrogens is 1. The Labute approximate surface area is 200 Å². The van der Waals surface area contributed by atoms with Gasteiger partial charge in [0.1, 0.15) is 17.6 Å². The number of halogens is 1. The van der Waals surface area contributed by atoms with Gasteiger partial charge in [-0.1, -0.05) is 35.9 Å². The normalized spacial score (nSPS) is 17.2. The molecule has 0 saturated heterocycles. The van der Waals surface area contributed by atoms with E-state index in [0.29, 0.717) is 18.4 Å². The van der Waals surface area contributed by atoms with Gasteiger partial charge in [-0.2, -0.15) is 0 Å². The van der Waals surface area contributed by atoms with Crippen LogP contribution in [0.25, 0.3) is 11.5 Å². The third-order valence-corrected chi connectivity index (χ3v) is 5.20. The molecule has 1 aliphatic heterocycles. The van der Waals surface area contributed by atoms with Gasteiger partial charge in [-0.3, -0.25) is 4.99 Å². The third-order valence-electron chi connectivity index (χ3n) is 5.20. The molecule has 0 aliphatic carbocycles. The minimum absolute atomic E-state index is 0. The lowest BCUT2D eigenvalue weighted by Gasteiger charge is -2.38. The summed E-state index contributed by atoms with van der Waals surface area (Å²) in [5.74, 6) is 2.25. The van der Waals surface area contributed by atoms with Gasteiger partial charge in [0.2, 0.25) is 5.89 Å². The van der Waals surface area contributed by atoms with Crippen molar-refractivity contribution in [1.29, 1.82) is 0 Å². The van der Waals surface area contributed by atoms with E-state index in [4.69, 9.17) is 9.15 Å². The Morgan fingerprint density at radius 1 is 1.16 bits per heavy atom. The van der Waals surface area contributed by atoms with Crippen molar-refractivity contribution in [2.45, 2.75) is 45.4 Å². The predicted octanol–water partition coefficient (Wildman–Crippen LogP) is 5.24. The number of para-hydroxylation sites is 1.